The second kappa shape index (κ2) is 6.96. The van der Waals surface area contributed by atoms with Crippen molar-refractivity contribution >= 4 is 22.8 Å². The molecule has 0 unspecified atom stereocenters. The highest BCUT2D eigenvalue weighted by Crippen LogP contribution is 2.20. The lowest BCUT2D eigenvalue weighted by Crippen LogP contribution is -2.37. The molecule has 0 saturated carbocycles. The van der Waals surface area contributed by atoms with Gasteiger partial charge in [0, 0.05) is 23.7 Å². The Labute approximate surface area is 145 Å². The van der Waals surface area contributed by atoms with E-state index in [0.717, 1.165) is 34.5 Å². The molecule has 25 heavy (non-hydrogen) atoms. The topological polar surface area (TPSA) is 93.2 Å². The van der Waals surface area contributed by atoms with Crippen molar-refractivity contribution in [3.63, 3.8) is 0 Å². The number of anilines is 1. The molecule has 1 aromatic carbocycles. The van der Waals surface area contributed by atoms with E-state index in [0.29, 0.717) is 18.0 Å². The van der Waals surface area contributed by atoms with Gasteiger partial charge in [0.25, 0.3) is 0 Å². The van der Waals surface area contributed by atoms with Crippen LogP contribution in [0.5, 0.6) is 0 Å². The molecule has 7 heteroatoms. The third-order valence-corrected chi connectivity index (χ3v) is 4.06. The Bertz CT molecular complexity index is 877. The van der Waals surface area contributed by atoms with Gasteiger partial charge in [-0.05, 0) is 45.4 Å². The maximum atomic E-state index is 12.2. The van der Waals surface area contributed by atoms with Gasteiger partial charge in [-0.15, -0.1) is 0 Å². The average Bonchev–Trinajstić information content (AvgIpc) is 3.12. The minimum atomic E-state index is -0.266. The first-order chi connectivity index (χ1) is 12.0. The van der Waals surface area contributed by atoms with Crippen molar-refractivity contribution in [3.8, 4) is 0 Å². The normalized spacial score (nSPS) is 12.3. The van der Waals surface area contributed by atoms with Crippen LogP contribution in [-0.2, 0) is 12.8 Å². The number of aromatic nitrogens is 2. The predicted molar refractivity (Wildman–Crippen MR) is 94.7 cm³/mol. The highest BCUT2D eigenvalue weighted by molar-refractivity contribution is 5.91. The maximum Gasteiger partial charge on any atom is 0.319 e. The molecule has 0 aliphatic rings. The van der Waals surface area contributed by atoms with E-state index in [9.17, 15) is 4.79 Å². The summed E-state index contributed by atoms with van der Waals surface area (Å²) in [6, 6.07) is 5.09. The molecule has 0 fully saturated rings. The summed E-state index contributed by atoms with van der Waals surface area (Å²) in [5.74, 6) is 1.47. The molecule has 0 saturated heterocycles. The number of amides is 2. The number of benzene rings is 1. The van der Waals surface area contributed by atoms with Crippen LogP contribution in [0, 0.1) is 13.8 Å². The van der Waals surface area contributed by atoms with Gasteiger partial charge in [0.15, 0.2) is 11.5 Å². The zero-order chi connectivity index (χ0) is 18.0. The highest BCUT2D eigenvalue weighted by Gasteiger charge is 2.15. The molecule has 2 amide bonds. The number of carbonyl (C=O) groups excluding carboxylic acids is 1. The molecule has 2 heterocycles. The molecule has 1 atom stereocenters. The van der Waals surface area contributed by atoms with Crippen molar-refractivity contribution in [3.05, 3.63) is 41.1 Å². The highest BCUT2D eigenvalue weighted by atomic mass is 16.5. The van der Waals surface area contributed by atoms with Crippen LogP contribution in [0.2, 0.25) is 0 Å². The molecule has 0 aliphatic carbocycles. The fraction of sp³-hybridized carbons (Fsp3) is 0.389. The summed E-state index contributed by atoms with van der Waals surface area (Å²) in [6.45, 7) is 7.70. The first kappa shape index (κ1) is 17.0. The van der Waals surface area contributed by atoms with Gasteiger partial charge in [-0.3, -0.25) is 0 Å². The molecule has 0 bridgehead atoms. The quantitative estimate of drug-likeness (QED) is 0.736. The lowest BCUT2D eigenvalue weighted by molar-refractivity contribution is 0.249. The van der Waals surface area contributed by atoms with Gasteiger partial charge in [0.2, 0.25) is 0 Å². The van der Waals surface area contributed by atoms with Crippen molar-refractivity contribution < 1.29 is 13.7 Å². The standard InChI is InChI=1S/C18H22N4O3/c1-5-17-21-15-9-13(6-7-16(15)24-17)20-18(23)19-10(2)8-14-11(3)22-25-12(14)4/h6-7,9-10H,5,8H2,1-4H3,(H2,19,20,23)/t10-/m0/s1. The van der Waals surface area contributed by atoms with Gasteiger partial charge < -0.3 is 19.6 Å². The number of nitrogens with zero attached hydrogens (tertiary/aromatic N) is 2. The summed E-state index contributed by atoms with van der Waals surface area (Å²) in [5.41, 5.74) is 4.01. The van der Waals surface area contributed by atoms with Crippen LogP contribution in [-0.4, -0.2) is 22.2 Å². The van der Waals surface area contributed by atoms with E-state index in [1.54, 1.807) is 12.1 Å². The van der Waals surface area contributed by atoms with Crippen LogP contribution < -0.4 is 10.6 Å². The summed E-state index contributed by atoms with van der Waals surface area (Å²) in [4.78, 5) is 16.6. The van der Waals surface area contributed by atoms with Gasteiger partial charge >= 0.3 is 6.03 Å². The third-order valence-electron chi connectivity index (χ3n) is 4.06. The van der Waals surface area contributed by atoms with E-state index >= 15 is 0 Å². The van der Waals surface area contributed by atoms with Crippen molar-refractivity contribution in [2.75, 3.05) is 5.32 Å². The van der Waals surface area contributed by atoms with Crippen molar-refractivity contribution in [1.29, 1.82) is 0 Å². The van der Waals surface area contributed by atoms with Gasteiger partial charge in [-0.25, -0.2) is 9.78 Å². The Kier molecular flexibility index (Phi) is 4.74. The first-order valence-electron chi connectivity index (χ1n) is 8.35. The predicted octanol–water partition coefficient (Wildman–Crippen LogP) is 3.75. The number of fused-ring (bicyclic) bond motifs is 1. The monoisotopic (exact) mass is 342 g/mol. The molecule has 0 aliphatic heterocycles. The van der Waals surface area contributed by atoms with Crippen molar-refractivity contribution in [1.82, 2.24) is 15.5 Å². The number of urea groups is 1. The Morgan fingerprint density at radius 1 is 1.32 bits per heavy atom. The first-order valence-corrected chi connectivity index (χ1v) is 8.35. The molecule has 0 radical (unpaired) electrons. The summed E-state index contributed by atoms with van der Waals surface area (Å²) in [7, 11) is 0. The van der Waals surface area contributed by atoms with Crippen LogP contribution in [0.15, 0.2) is 27.1 Å². The minimum absolute atomic E-state index is 0.0562. The molecule has 0 spiro atoms. The molecule has 3 aromatic rings. The van der Waals surface area contributed by atoms with Gasteiger partial charge in [0.1, 0.15) is 11.3 Å². The fourth-order valence-electron chi connectivity index (χ4n) is 2.75. The molecular formula is C18H22N4O3. The van der Waals surface area contributed by atoms with E-state index in [1.807, 2.05) is 33.8 Å². The van der Waals surface area contributed by atoms with E-state index < -0.39 is 0 Å². The Hall–Kier alpha value is -2.83. The Balaban J connectivity index is 1.62. The van der Waals surface area contributed by atoms with Crippen LogP contribution in [0.25, 0.3) is 11.1 Å². The SMILES string of the molecule is CCc1nc2cc(NC(=O)N[C@@H](C)Cc3c(C)noc3C)ccc2o1. The second-order valence-corrected chi connectivity index (χ2v) is 6.15. The van der Waals surface area contributed by atoms with Gasteiger partial charge in [0.05, 0.1) is 5.69 Å². The van der Waals surface area contributed by atoms with Gasteiger partial charge in [-0.1, -0.05) is 12.1 Å². The van der Waals surface area contributed by atoms with Crippen molar-refractivity contribution in [2.45, 2.75) is 46.6 Å². The lowest BCUT2D eigenvalue weighted by Gasteiger charge is -2.14. The summed E-state index contributed by atoms with van der Waals surface area (Å²) < 4.78 is 10.7. The minimum Gasteiger partial charge on any atom is -0.441 e. The lowest BCUT2D eigenvalue weighted by atomic mass is 10.1. The molecule has 3 rings (SSSR count). The maximum absolute atomic E-state index is 12.2. The number of oxazole rings is 1. The summed E-state index contributed by atoms with van der Waals surface area (Å²) in [6.07, 6.45) is 1.40. The average molecular weight is 342 g/mol. The second-order valence-electron chi connectivity index (χ2n) is 6.15. The van der Waals surface area contributed by atoms with Gasteiger partial charge in [-0.2, -0.15) is 0 Å². The number of rotatable bonds is 5. The van der Waals surface area contributed by atoms with E-state index in [2.05, 4.69) is 20.8 Å². The van der Waals surface area contributed by atoms with E-state index in [-0.39, 0.29) is 12.1 Å². The molecule has 2 N–H and O–H groups in total. The number of carbonyl (C=O) groups is 1. The molecule has 2 aromatic heterocycles. The number of hydrogen-bond donors (Lipinski definition) is 2. The van der Waals surface area contributed by atoms with Crippen LogP contribution in [0.4, 0.5) is 10.5 Å². The smallest absolute Gasteiger partial charge is 0.319 e. The molecule has 7 nitrogen and oxygen atoms in total. The molecule has 132 valence electrons. The van der Waals surface area contributed by atoms with Crippen LogP contribution in [0.3, 0.4) is 0 Å². The van der Waals surface area contributed by atoms with Crippen molar-refractivity contribution in [2.24, 2.45) is 0 Å². The number of aryl methyl sites for hydroxylation is 3. The Morgan fingerprint density at radius 3 is 2.80 bits per heavy atom. The summed E-state index contributed by atoms with van der Waals surface area (Å²) >= 11 is 0. The largest absolute Gasteiger partial charge is 0.441 e. The Morgan fingerprint density at radius 2 is 2.12 bits per heavy atom. The van der Waals surface area contributed by atoms with Crippen LogP contribution >= 0.6 is 0 Å². The summed E-state index contributed by atoms with van der Waals surface area (Å²) in [5, 5.41) is 9.69. The van der Waals surface area contributed by atoms with E-state index in [4.69, 9.17) is 8.94 Å². The third kappa shape index (κ3) is 3.81. The number of hydrogen-bond acceptors (Lipinski definition) is 5. The molecular weight excluding hydrogens is 320 g/mol. The zero-order valence-electron chi connectivity index (χ0n) is 14.8. The zero-order valence-corrected chi connectivity index (χ0v) is 14.8. The van der Waals surface area contributed by atoms with E-state index in [1.165, 1.54) is 0 Å². The fourth-order valence-corrected chi connectivity index (χ4v) is 2.75. The van der Waals surface area contributed by atoms with Crippen LogP contribution in [0.1, 0.15) is 36.8 Å². The number of nitrogens with one attached hydrogen (secondary N) is 2.